The zero-order valence-corrected chi connectivity index (χ0v) is 28.2. The quantitative estimate of drug-likeness (QED) is 0.139. The lowest BCUT2D eigenvalue weighted by atomic mass is 9.89. The fraction of sp³-hybridized carbons (Fsp3) is 0.0476. The van der Waals surface area contributed by atoms with E-state index >= 15 is 0 Å². The third kappa shape index (κ3) is 6.36. The molecule has 0 bridgehead atoms. The molecule has 7 aromatic carbocycles. The predicted molar refractivity (Wildman–Crippen MR) is 205 cm³/mol. The van der Waals surface area contributed by atoms with Crippen LogP contribution in [0, 0.1) is 0 Å². The standard InChI is InChI=1S/C26H20O2S.2C8H6S/c1-2-17-10-7-13-23-24(20-15-14-18-8-3-4-9-19(18)16-20)21-11-5-6-12-22(21)26(25(17)23)29(27)28;2*1-2-4-8-7(3-1)5-6-9-8/h3-16H,2H2,1H3,(H,27,28);2*1-6H/p-1. The van der Waals surface area contributed by atoms with Crippen molar-refractivity contribution in [3.8, 4) is 11.1 Å². The van der Waals surface area contributed by atoms with Crippen LogP contribution in [-0.4, -0.2) is 8.76 Å². The van der Waals surface area contributed by atoms with Gasteiger partial charge in [0.15, 0.2) is 0 Å². The number of thiophene rings is 2. The second kappa shape index (κ2) is 14.0. The molecular formula is C42H31O2S3-. The summed E-state index contributed by atoms with van der Waals surface area (Å²) >= 11 is 1.25. The largest absolute Gasteiger partial charge is 0.768 e. The Morgan fingerprint density at radius 3 is 1.72 bits per heavy atom. The van der Waals surface area contributed by atoms with E-state index in [0.717, 1.165) is 44.7 Å². The van der Waals surface area contributed by atoms with Gasteiger partial charge in [0, 0.05) is 19.7 Å². The summed E-state index contributed by atoms with van der Waals surface area (Å²) in [4.78, 5) is 0.401. The van der Waals surface area contributed by atoms with Crippen molar-refractivity contribution in [2.45, 2.75) is 18.2 Å². The molecule has 2 nitrogen and oxygen atoms in total. The smallest absolute Gasteiger partial charge is 0.0408 e. The molecule has 0 aliphatic rings. The average molecular weight is 664 g/mol. The van der Waals surface area contributed by atoms with Gasteiger partial charge in [-0.2, -0.15) is 0 Å². The summed E-state index contributed by atoms with van der Waals surface area (Å²) in [6.07, 6.45) is 0.775. The van der Waals surface area contributed by atoms with Crippen LogP contribution in [0.2, 0.25) is 0 Å². The van der Waals surface area contributed by atoms with Crippen molar-refractivity contribution in [2.75, 3.05) is 0 Å². The van der Waals surface area contributed by atoms with Crippen molar-refractivity contribution in [1.82, 2.24) is 0 Å². The zero-order valence-electron chi connectivity index (χ0n) is 25.8. The van der Waals surface area contributed by atoms with E-state index in [-0.39, 0.29) is 0 Å². The first-order valence-corrected chi connectivity index (χ1v) is 18.3. The van der Waals surface area contributed by atoms with Crippen LogP contribution in [-0.2, 0) is 17.5 Å². The molecule has 0 aliphatic heterocycles. The highest BCUT2D eigenvalue weighted by Gasteiger charge is 2.17. The number of aryl methyl sites for hydroxylation is 1. The van der Waals surface area contributed by atoms with Crippen molar-refractivity contribution in [2.24, 2.45) is 0 Å². The highest BCUT2D eigenvalue weighted by atomic mass is 32.2. The van der Waals surface area contributed by atoms with Gasteiger partial charge in [-0.25, -0.2) is 0 Å². The van der Waals surface area contributed by atoms with E-state index in [9.17, 15) is 8.76 Å². The summed E-state index contributed by atoms with van der Waals surface area (Å²) in [7, 11) is 0. The van der Waals surface area contributed by atoms with Gasteiger partial charge in [0.1, 0.15) is 0 Å². The molecule has 0 N–H and O–H groups in total. The van der Waals surface area contributed by atoms with E-state index in [4.69, 9.17) is 0 Å². The summed E-state index contributed by atoms with van der Waals surface area (Å²) in [5.41, 5.74) is 3.24. The SMILES string of the molecule is CCc1cccc2c(-c3ccc4ccccc4c3)c3ccccc3c(S(=O)[O-])c12.c1ccc2sccc2c1.c1ccc2sccc2c1. The fourth-order valence-electron chi connectivity index (χ4n) is 6.19. The summed E-state index contributed by atoms with van der Waals surface area (Å²) < 4.78 is 27.4. The van der Waals surface area contributed by atoms with Crippen molar-refractivity contribution < 1.29 is 8.76 Å². The molecule has 9 aromatic rings. The molecule has 9 rings (SSSR count). The first kappa shape index (κ1) is 31.0. The third-order valence-electron chi connectivity index (χ3n) is 8.40. The van der Waals surface area contributed by atoms with Gasteiger partial charge in [-0.3, -0.25) is 4.21 Å². The summed E-state index contributed by atoms with van der Waals surface area (Å²) in [6, 6.07) is 49.8. The van der Waals surface area contributed by atoms with Gasteiger partial charge in [-0.1, -0.05) is 122 Å². The van der Waals surface area contributed by atoms with Crippen molar-refractivity contribution >= 4 is 86.2 Å². The van der Waals surface area contributed by atoms with Crippen LogP contribution in [0.3, 0.4) is 0 Å². The minimum absolute atomic E-state index is 0.401. The molecule has 1 atom stereocenters. The number of fused-ring (bicyclic) bond motifs is 5. The van der Waals surface area contributed by atoms with Crippen LogP contribution < -0.4 is 0 Å². The molecule has 47 heavy (non-hydrogen) atoms. The fourth-order valence-corrected chi connectivity index (χ4v) is 8.54. The Morgan fingerprint density at radius 2 is 1.11 bits per heavy atom. The van der Waals surface area contributed by atoms with Gasteiger partial charge >= 0.3 is 0 Å². The van der Waals surface area contributed by atoms with Gasteiger partial charge in [0.2, 0.25) is 0 Å². The highest BCUT2D eigenvalue weighted by molar-refractivity contribution is 7.79. The molecule has 0 fully saturated rings. The Balaban J connectivity index is 0.000000156. The van der Waals surface area contributed by atoms with Crippen LogP contribution in [0.1, 0.15) is 12.5 Å². The normalized spacial score (nSPS) is 11.7. The number of hydrogen-bond donors (Lipinski definition) is 0. The van der Waals surface area contributed by atoms with E-state index in [1.54, 1.807) is 22.7 Å². The van der Waals surface area contributed by atoms with E-state index in [0.29, 0.717) is 4.90 Å². The van der Waals surface area contributed by atoms with E-state index in [1.165, 1.54) is 30.9 Å². The molecule has 5 heteroatoms. The number of hydrogen-bond acceptors (Lipinski definition) is 4. The van der Waals surface area contributed by atoms with Crippen LogP contribution in [0.15, 0.2) is 161 Å². The van der Waals surface area contributed by atoms with E-state index < -0.39 is 11.1 Å². The monoisotopic (exact) mass is 663 g/mol. The van der Waals surface area contributed by atoms with Crippen LogP contribution >= 0.6 is 22.7 Å². The maximum atomic E-state index is 12.3. The second-order valence-corrected chi connectivity index (χ2v) is 13.9. The number of benzene rings is 7. The Morgan fingerprint density at radius 1 is 0.553 bits per heavy atom. The van der Waals surface area contributed by atoms with Gasteiger partial charge < -0.3 is 4.55 Å². The second-order valence-electron chi connectivity index (χ2n) is 11.2. The Bertz CT molecular complexity index is 2380. The Labute approximate surface area is 284 Å². The average Bonchev–Trinajstić information content (AvgIpc) is 3.81. The molecule has 0 radical (unpaired) electrons. The van der Waals surface area contributed by atoms with Crippen LogP contribution in [0.4, 0.5) is 0 Å². The molecule has 0 saturated carbocycles. The Hall–Kier alpha value is -4.65. The summed E-state index contributed by atoms with van der Waals surface area (Å²) in [5.74, 6) is 0. The molecule has 1 unspecified atom stereocenters. The summed E-state index contributed by atoms with van der Waals surface area (Å²) in [5, 5.41) is 12.9. The lowest BCUT2D eigenvalue weighted by Gasteiger charge is -2.20. The topological polar surface area (TPSA) is 40.1 Å². The summed E-state index contributed by atoms with van der Waals surface area (Å²) in [6.45, 7) is 2.07. The van der Waals surface area contributed by atoms with Crippen LogP contribution in [0.5, 0.6) is 0 Å². The van der Waals surface area contributed by atoms with Gasteiger partial charge in [-0.15, -0.1) is 22.7 Å². The van der Waals surface area contributed by atoms with E-state index in [1.807, 2.05) is 54.6 Å². The maximum Gasteiger partial charge on any atom is 0.0408 e. The molecular weight excluding hydrogens is 633 g/mol. The minimum atomic E-state index is -2.33. The molecule has 0 saturated heterocycles. The molecule has 0 amide bonds. The molecule has 0 aliphatic carbocycles. The number of rotatable bonds is 3. The highest BCUT2D eigenvalue weighted by Crippen LogP contribution is 2.42. The van der Waals surface area contributed by atoms with Gasteiger partial charge in [0.05, 0.1) is 0 Å². The zero-order chi connectivity index (χ0) is 32.2. The lowest BCUT2D eigenvalue weighted by molar-refractivity contribution is 0.538. The lowest BCUT2D eigenvalue weighted by Crippen LogP contribution is -1.98. The molecule has 0 spiro atoms. The first-order valence-electron chi connectivity index (χ1n) is 15.5. The molecule has 230 valence electrons. The van der Waals surface area contributed by atoms with Crippen molar-refractivity contribution in [1.29, 1.82) is 0 Å². The molecule has 2 heterocycles. The van der Waals surface area contributed by atoms with Crippen molar-refractivity contribution in [3.63, 3.8) is 0 Å². The third-order valence-corrected chi connectivity index (χ3v) is 11.0. The predicted octanol–water partition coefficient (Wildman–Crippen LogP) is 12.4. The maximum absolute atomic E-state index is 12.3. The van der Waals surface area contributed by atoms with Crippen molar-refractivity contribution in [3.05, 3.63) is 162 Å². The minimum Gasteiger partial charge on any atom is -0.768 e. The van der Waals surface area contributed by atoms with Crippen LogP contribution in [0.25, 0.3) is 63.6 Å². The van der Waals surface area contributed by atoms with Gasteiger partial charge in [-0.05, 0) is 113 Å². The van der Waals surface area contributed by atoms with E-state index in [2.05, 4.69) is 109 Å². The molecule has 2 aromatic heterocycles. The van der Waals surface area contributed by atoms with Gasteiger partial charge in [0.25, 0.3) is 0 Å². The Kier molecular flexibility index (Phi) is 9.23. The first-order chi connectivity index (χ1) is 23.1.